The van der Waals surface area contributed by atoms with Crippen molar-refractivity contribution in [2.45, 2.75) is 12.3 Å². The highest BCUT2D eigenvalue weighted by Gasteiger charge is 2.30. The Morgan fingerprint density at radius 2 is 2.00 bits per heavy atom. The van der Waals surface area contributed by atoms with E-state index >= 15 is 0 Å². The van der Waals surface area contributed by atoms with Crippen LogP contribution in [-0.2, 0) is 4.79 Å². The van der Waals surface area contributed by atoms with Gasteiger partial charge in [0.25, 0.3) is 0 Å². The SMILES string of the molecule is N#CC(=C=N)C1=C(C#N)[C@H](c2ccccc2)CC(=O)N1. The van der Waals surface area contributed by atoms with E-state index in [1.807, 2.05) is 42.3 Å². The lowest BCUT2D eigenvalue weighted by Crippen LogP contribution is -2.32. The van der Waals surface area contributed by atoms with Gasteiger partial charge in [0.2, 0.25) is 5.91 Å². The Kier molecular flexibility index (Phi) is 3.77. The third kappa shape index (κ3) is 2.35. The van der Waals surface area contributed by atoms with E-state index in [9.17, 15) is 10.1 Å². The Bertz CT molecular complexity index is 712. The minimum Gasteiger partial charge on any atom is -0.323 e. The molecule has 0 fully saturated rings. The molecule has 5 heteroatoms. The molecule has 1 aliphatic rings. The van der Waals surface area contributed by atoms with Crippen LogP contribution in [0.2, 0.25) is 0 Å². The molecule has 2 rings (SSSR count). The predicted octanol–water partition coefficient (Wildman–Crippen LogP) is 1.77. The third-order valence-corrected chi connectivity index (χ3v) is 3.08. The van der Waals surface area contributed by atoms with Crippen LogP contribution < -0.4 is 5.32 Å². The van der Waals surface area contributed by atoms with Crippen LogP contribution in [0.15, 0.2) is 47.2 Å². The molecule has 1 atom stereocenters. The maximum Gasteiger partial charge on any atom is 0.225 e. The van der Waals surface area contributed by atoms with Crippen LogP contribution in [0.25, 0.3) is 0 Å². The molecule has 20 heavy (non-hydrogen) atoms. The Hall–Kier alpha value is -3.14. The molecule has 0 spiro atoms. The van der Waals surface area contributed by atoms with E-state index in [0.29, 0.717) is 0 Å². The number of nitriles is 2. The first-order chi connectivity index (χ1) is 9.71. The van der Waals surface area contributed by atoms with Crippen LogP contribution in [0.3, 0.4) is 0 Å². The second-order valence-electron chi connectivity index (χ2n) is 4.23. The highest BCUT2D eigenvalue weighted by Crippen LogP contribution is 2.33. The maximum absolute atomic E-state index is 11.8. The molecule has 0 saturated carbocycles. The van der Waals surface area contributed by atoms with Gasteiger partial charge in [-0.2, -0.15) is 10.5 Å². The van der Waals surface area contributed by atoms with Gasteiger partial charge in [-0.15, -0.1) is 0 Å². The fourth-order valence-electron chi connectivity index (χ4n) is 2.17. The van der Waals surface area contributed by atoms with Gasteiger partial charge >= 0.3 is 0 Å². The minimum atomic E-state index is -0.401. The topological polar surface area (TPSA) is 101 Å². The van der Waals surface area contributed by atoms with Crippen LogP contribution in [-0.4, -0.2) is 11.8 Å². The molecule has 0 radical (unpaired) electrons. The van der Waals surface area contributed by atoms with E-state index in [2.05, 4.69) is 5.32 Å². The second kappa shape index (κ2) is 5.67. The van der Waals surface area contributed by atoms with Gasteiger partial charge < -0.3 is 5.32 Å². The molecule has 96 valence electrons. The van der Waals surface area contributed by atoms with Crippen LogP contribution in [0.1, 0.15) is 17.9 Å². The van der Waals surface area contributed by atoms with E-state index in [1.165, 1.54) is 0 Å². The molecule has 0 aliphatic carbocycles. The zero-order chi connectivity index (χ0) is 14.5. The summed E-state index contributed by atoms with van der Waals surface area (Å²) in [5.41, 5.74) is 1.07. The Labute approximate surface area is 116 Å². The number of amides is 1. The summed E-state index contributed by atoms with van der Waals surface area (Å²) in [6.45, 7) is 0. The van der Waals surface area contributed by atoms with Crippen molar-refractivity contribution in [1.29, 1.82) is 15.9 Å². The van der Waals surface area contributed by atoms with Crippen LogP contribution in [0.5, 0.6) is 0 Å². The molecular formula is C15H10N4O. The summed E-state index contributed by atoms with van der Waals surface area (Å²) in [6, 6.07) is 13.0. The molecule has 1 amide bonds. The van der Waals surface area contributed by atoms with Crippen molar-refractivity contribution >= 4 is 11.8 Å². The number of benzene rings is 1. The smallest absolute Gasteiger partial charge is 0.225 e. The number of allylic oxidation sites excluding steroid dienone is 2. The second-order valence-corrected chi connectivity index (χ2v) is 4.23. The van der Waals surface area contributed by atoms with Gasteiger partial charge in [-0.3, -0.25) is 10.2 Å². The number of nitrogens with zero attached hydrogens (tertiary/aromatic N) is 2. The van der Waals surface area contributed by atoms with Crippen molar-refractivity contribution < 1.29 is 4.79 Å². The Morgan fingerprint density at radius 1 is 1.30 bits per heavy atom. The monoisotopic (exact) mass is 262 g/mol. The van der Waals surface area contributed by atoms with Gasteiger partial charge in [-0.25, -0.2) is 0 Å². The third-order valence-electron chi connectivity index (χ3n) is 3.08. The summed E-state index contributed by atoms with van der Waals surface area (Å²) in [5, 5.41) is 27.9. The Morgan fingerprint density at radius 3 is 2.55 bits per heavy atom. The Balaban J connectivity index is 2.62. The van der Waals surface area contributed by atoms with Crippen molar-refractivity contribution in [3.8, 4) is 12.1 Å². The van der Waals surface area contributed by atoms with Gasteiger partial charge in [0.1, 0.15) is 11.6 Å². The quantitative estimate of drug-likeness (QED) is 0.627. The highest BCUT2D eigenvalue weighted by molar-refractivity contribution is 5.86. The molecule has 0 bridgehead atoms. The average Bonchev–Trinajstić information content (AvgIpc) is 2.49. The number of hydrogen-bond donors (Lipinski definition) is 2. The standard InChI is InChI=1S/C15H10N4O/c16-7-11(8-17)15-13(9-18)12(6-14(20)19-15)10-4-2-1-3-5-10/h1-5,12,16H,6H2,(H,19,20)/t12-/m0/s1. The van der Waals surface area contributed by atoms with Crippen molar-refractivity contribution in [1.82, 2.24) is 5.32 Å². The first-order valence-electron chi connectivity index (χ1n) is 5.90. The number of nitrogens with one attached hydrogen (secondary N) is 2. The minimum absolute atomic E-state index is 0.0927. The van der Waals surface area contributed by atoms with Gasteiger partial charge in [-0.1, -0.05) is 30.3 Å². The lowest BCUT2D eigenvalue weighted by molar-refractivity contribution is -0.120. The molecule has 5 nitrogen and oxygen atoms in total. The maximum atomic E-state index is 11.8. The lowest BCUT2D eigenvalue weighted by atomic mass is 9.84. The fraction of sp³-hybridized carbons (Fsp3) is 0.133. The summed E-state index contributed by atoms with van der Waals surface area (Å²) in [4.78, 5) is 11.8. The summed E-state index contributed by atoms with van der Waals surface area (Å²) < 4.78 is 0. The van der Waals surface area contributed by atoms with Crippen LogP contribution >= 0.6 is 0 Å². The zero-order valence-electron chi connectivity index (χ0n) is 10.5. The first kappa shape index (κ1) is 13.3. The van der Waals surface area contributed by atoms with Crippen molar-refractivity contribution in [2.24, 2.45) is 0 Å². The van der Waals surface area contributed by atoms with E-state index in [0.717, 1.165) is 5.56 Å². The molecule has 0 aromatic heterocycles. The zero-order valence-corrected chi connectivity index (χ0v) is 10.5. The van der Waals surface area contributed by atoms with Crippen molar-refractivity contribution in [2.75, 3.05) is 0 Å². The summed E-state index contributed by atoms with van der Waals surface area (Å²) in [7, 11) is 0. The largest absolute Gasteiger partial charge is 0.323 e. The predicted molar refractivity (Wildman–Crippen MR) is 71.4 cm³/mol. The molecule has 1 aliphatic heterocycles. The molecular weight excluding hydrogens is 252 g/mol. The molecule has 0 unspecified atom stereocenters. The number of carbonyl (C=O) groups is 1. The summed E-state index contributed by atoms with van der Waals surface area (Å²) >= 11 is 0. The number of hydrogen-bond acceptors (Lipinski definition) is 4. The first-order valence-corrected chi connectivity index (χ1v) is 5.90. The average molecular weight is 262 g/mol. The van der Waals surface area contributed by atoms with E-state index < -0.39 is 5.92 Å². The van der Waals surface area contributed by atoms with Gasteiger partial charge in [-0.05, 0) is 11.4 Å². The van der Waals surface area contributed by atoms with Gasteiger partial charge in [0.05, 0.1) is 17.3 Å². The number of carbonyl (C=O) groups excluding carboxylic acids is 1. The lowest BCUT2D eigenvalue weighted by Gasteiger charge is -2.24. The summed E-state index contributed by atoms with van der Waals surface area (Å²) in [6.07, 6.45) is 0.146. The molecule has 0 saturated heterocycles. The normalized spacial score (nSPS) is 17.5. The number of rotatable bonds is 2. The molecule has 1 heterocycles. The van der Waals surface area contributed by atoms with Gasteiger partial charge in [0.15, 0.2) is 0 Å². The highest BCUT2D eigenvalue weighted by atomic mass is 16.1. The molecule has 1 aromatic carbocycles. The van der Waals surface area contributed by atoms with Crippen LogP contribution in [0, 0.1) is 28.1 Å². The van der Waals surface area contributed by atoms with Gasteiger partial charge in [0, 0.05) is 12.3 Å². The van der Waals surface area contributed by atoms with Crippen molar-refractivity contribution in [3.05, 3.63) is 52.7 Å². The van der Waals surface area contributed by atoms with E-state index in [-0.39, 0.29) is 29.2 Å². The van der Waals surface area contributed by atoms with E-state index in [4.69, 9.17) is 10.7 Å². The molecule has 1 aromatic rings. The summed E-state index contributed by atoms with van der Waals surface area (Å²) in [5.74, 6) is 1.28. The van der Waals surface area contributed by atoms with E-state index in [1.54, 1.807) is 6.07 Å². The molecule has 2 N–H and O–H groups in total. The van der Waals surface area contributed by atoms with Crippen LogP contribution in [0.4, 0.5) is 0 Å². The van der Waals surface area contributed by atoms with Crippen molar-refractivity contribution in [3.63, 3.8) is 0 Å². The fourth-order valence-corrected chi connectivity index (χ4v) is 2.17.